The summed E-state index contributed by atoms with van der Waals surface area (Å²) >= 11 is 0. The van der Waals surface area contributed by atoms with Gasteiger partial charge in [0.1, 0.15) is 0 Å². The summed E-state index contributed by atoms with van der Waals surface area (Å²) in [6.07, 6.45) is 12.0. The molecule has 0 aromatic carbocycles. The second kappa shape index (κ2) is 5.92. The molecule has 2 N–H and O–H groups in total. The molecule has 2 rings (SSSR count). The quantitative estimate of drug-likeness (QED) is 0.804. The van der Waals surface area contributed by atoms with Crippen LogP contribution >= 0.6 is 0 Å². The molecule has 2 aliphatic rings. The first-order valence-corrected chi connectivity index (χ1v) is 7.95. The van der Waals surface area contributed by atoms with Crippen LogP contribution in [0, 0.1) is 11.3 Å². The largest absolute Gasteiger partial charge is 0.390 e. The number of nitrogens with one attached hydrogen (secondary N) is 1. The minimum absolute atomic E-state index is 0.494. The monoisotopic (exact) mass is 253 g/mol. The van der Waals surface area contributed by atoms with E-state index in [0.717, 1.165) is 12.3 Å². The average molecular weight is 253 g/mol. The molecule has 0 radical (unpaired) electrons. The van der Waals surface area contributed by atoms with E-state index in [1.54, 1.807) is 0 Å². The van der Waals surface area contributed by atoms with Crippen LogP contribution in [-0.4, -0.2) is 23.8 Å². The summed E-state index contributed by atoms with van der Waals surface area (Å²) < 4.78 is 0. The zero-order valence-electron chi connectivity index (χ0n) is 12.3. The average Bonchev–Trinajstić information content (AvgIpc) is 2.38. The van der Waals surface area contributed by atoms with Crippen LogP contribution < -0.4 is 5.32 Å². The van der Waals surface area contributed by atoms with Gasteiger partial charge in [0.25, 0.3) is 0 Å². The molecule has 106 valence electrons. The van der Waals surface area contributed by atoms with Gasteiger partial charge in [-0.15, -0.1) is 0 Å². The van der Waals surface area contributed by atoms with Crippen LogP contribution in [-0.2, 0) is 0 Å². The normalized spacial score (nSPS) is 26.2. The van der Waals surface area contributed by atoms with Gasteiger partial charge in [-0.05, 0) is 76.8 Å². The lowest BCUT2D eigenvalue weighted by Gasteiger charge is -2.46. The standard InChI is InChI=1S/C16H31NO/c1-15(2,18)8-9-16(10-12-17-13-11-16)14-6-4-3-5-7-14/h14,17-18H,3-13H2,1-2H3. The number of hydrogen-bond donors (Lipinski definition) is 2. The van der Waals surface area contributed by atoms with Crippen molar-refractivity contribution in [2.45, 2.75) is 77.2 Å². The molecular formula is C16H31NO. The van der Waals surface area contributed by atoms with Gasteiger partial charge in [0, 0.05) is 0 Å². The highest BCUT2D eigenvalue weighted by atomic mass is 16.3. The summed E-state index contributed by atoms with van der Waals surface area (Å²) in [5.41, 5.74) is 0.0399. The minimum Gasteiger partial charge on any atom is -0.390 e. The Labute approximate surface area is 113 Å². The Kier molecular flexibility index (Phi) is 4.71. The molecule has 0 atom stereocenters. The van der Waals surface area contributed by atoms with Crippen molar-refractivity contribution in [3.63, 3.8) is 0 Å². The second-order valence-corrected chi connectivity index (χ2v) is 7.26. The molecule has 0 aromatic rings. The van der Waals surface area contributed by atoms with Gasteiger partial charge in [-0.25, -0.2) is 0 Å². The highest BCUT2D eigenvalue weighted by Gasteiger charge is 2.40. The third kappa shape index (κ3) is 3.71. The number of hydrogen-bond acceptors (Lipinski definition) is 2. The van der Waals surface area contributed by atoms with Crippen LogP contribution in [0.4, 0.5) is 0 Å². The van der Waals surface area contributed by atoms with E-state index >= 15 is 0 Å². The zero-order chi connectivity index (χ0) is 13.1. The molecule has 1 saturated carbocycles. The van der Waals surface area contributed by atoms with Crippen LogP contribution in [0.5, 0.6) is 0 Å². The van der Waals surface area contributed by atoms with Gasteiger partial charge in [0.15, 0.2) is 0 Å². The van der Waals surface area contributed by atoms with Gasteiger partial charge in [0.2, 0.25) is 0 Å². The van der Waals surface area contributed by atoms with Gasteiger partial charge in [-0.1, -0.05) is 19.3 Å². The molecule has 0 unspecified atom stereocenters. The summed E-state index contributed by atoms with van der Waals surface area (Å²) in [5.74, 6) is 0.927. The topological polar surface area (TPSA) is 32.3 Å². The molecule has 0 bridgehead atoms. The van der Waals surface area contributed by atoms with E-state index in [1.807, 2.05) is 13.8 Å². The highest BCUT2D eigenvalue weighted by Crippen LogP contribution is 2.48. The van der Waals surface area contributed by atoms with Gasteiger partial charge in [0.05, 0.1) is 5.60 Å². The van der Waals surface area contributed by atoms with Crippen molar-refractivity contribution >= 4 is 0 Å². The maximum atomic E-state index is 10.0. The predicted molar refractivity (Wildman–Crippen MR) is 76.6 cm³/mol. The van der Waals surface area contributed by atoms with Crippen molar-refractivity contribution < 1.29 is 5.11 Å². The molecule has 2 nitrogen and oxygen atoms in total. The summed E-state index contributed by atoms with van der Waals surface area (Å²) in [5, 5.41) is 13.6. The summed E-state index contributed by atoms with van der Waals surface area (Å²) in [7, 11) is 0. The maximum absolute atomic E-state index is 10.0. The lowest BCUT2D eigenvalue weighted by molar-refractivity contribution is 0.0135. The first-order chi connectivity index (χ1) is 8.52. The second-order valence-electron chi connectivity index (χ2n) is 7.26. The molecule has 1 aliphatic heterocycles. The fraction of sp³-hybridized carbons (Fsp3) is 1.00. The van der Waals surface area contributed by atoms with Crippen molar-refractivity contribution in [2.24, 2.45) is 11.3 Å². The van der Waals surface area contributed by atoms with E-state index < -0.39 is 5.60 Å². The zero-order valence-corrected chi connectivity index (χ0v) is 12.3. The molecule has 1 saturated heterocycles. The smallest absolute Gasteiger partial charge is 0.0592 e. The Morgan fingerprint density at radius 2 is 1.72 bits per heavy atom. The van der Waals surface area contributed by atoms with E-state index in [0.29, 0.717) is 5.41 Å². The van der Waals surface area contributed by atoms with Crippen LogP contribution in [0.1, 0.15) is 71.6 Å². The van der Waals surface area contributed by atoms with E-state index in [2.05, 4.69) is 5.32 Å². The summed E-state index contributed by atoms with van der Waals surface area (Å²) in [6, 6.07) is 0. The fourth-order valence-corrected chi connectivity index (χ4v) is 4.06. The van der Waals surface area contributed by atoms with Crippen LogP contribution in [0.25, 0.3) is 0 Å². The van der Waals surface area contributed by atoms with Crippen molar-refractivity contribution in [1.82, 2.24) is 5.32 Å². The third-order valence-electron chi connectivity index (χ3n) is 5.31. The number of aliphatic hydroxyl groups is 1. The molecule has 2 fully saturated rings. The van der Waals surface area contributed by atoms with Crippen molar-refractivity contribution in [1.29, 1.82) is 0 Å². The van der Waals surface area contributed by atoms with Crippen molar-refractivity contribution in [3.8, 4) is 0 Å². The fourth-order valence-electron chi connectivity index (χ4n) is 4.06. The third-order valence-corrected chi connectivity index (χ3v) is 5.31. The Morgan fingerprint density at radius 1 is 1.11 bits per heavy atom. The van der Waals surface area contributed by atoms with Gasteiger partial charge in [-0.3, -0.25) is 0 Å². The number of piperidine rings is 1. The van der Waals surface area contributed by atoms with Gasteiger partial charge < -0.3 is 10.4 Å². The van der Waals surface area contributed by atoms with Crippen LogP contribution in [0.15, 0.2) is 0 Å². The highest BCUT2D eigenvalue weighted by molar-refractivity contribution is 4.92. The van der Waals surface area contributed by atoms with E-state index in [1.165, 1.54) is 64.5 Å². The Bertz CT molecular complexity index is 244. The molecule has 0 amide bonds. The van der Waals surface area contributed by atoms with Crippen LogP contribution in [0.3, 0.4) is 0 Å². The van der Waals surface area contributed by atoms with Crippen molar-refractivity contribution in [3.05, 3.63) is 0 Å². The first kappa shape index (κ1) is 14.3. The molecule has 1 heterocycles. The predicted octanol–water partition coefficient (Wildman–Crippen LogP) is 3.49. The maximum Gasteiger partial charge on any atom is 0.0592 e. The van der Waals surface area contributed by atoms with Gasteiger partial charge in [-0.2, -0.15) is 0 Å². The molecule has 1 aliphatic carbocycles. The summed E-state index contributed by atoms with van der Waals surface area (Å²) in [6.45, 7) is 6.29. The Balaban J connectivity index is 2.01. The van der Waals surface area contributed by atoms with Crippen LogP contribution in [0.2, 0.25) is 0 Å². The van der Waals surface area contributed by atoms with Crippen molar-refractivity contribution in [2.75, 3.05) is 13.1 Å². The SMILES string of the molecule is CC(C)(O)CCC1(C2CCCCC2)CCNCC1. The molecule has 0 spiro atoms. The first-order valence-electron chi connectivity index (χ1n) is 7.95. The Hall–Kier alpha value is -0.0800. The van der Waals surface area contributed by atoms with E-state index in [-0.39, 0.29) is 0 Å². The minimum atomic E-state index is -0.494. The lowest BCUT2D eigenvalue weighted by atomic mass is 9.61. The summed E-state index contributed by atoms with van der Waals surface area (Å²) in [4.78, 5) is 0. The van der Waals surface area contributed by atoms with Gasteiger partial charge >= 0.3 is 0 Å². The lowest BCUT2D eigenvalue weighted by Crippen LogP contribution is -2.43. The molecule has 0 aromatic heterocycles. The molecule has 2 heteroatoms. The van der Waals surface area contributed by atoms with E-state index in [9.17, 15) is 5.11 Å². The molecule has 18 heavy (non-hydrogen) atoms. The van der Waals surface area contributed by atoms with E-state index in [4.69, 9.17) is 0 Å². The number of rotatable bonds is 4. The molecular weight excluding hydrogens is 222 g/mol. The Morgan fingerprint density at radius 3 is 2.28 bits per heavy atom.